The van der Waals surface area contributed by atoms with Gasteiger partial charge in [0.15, 0.2) is 0 Å². The third-order valence-electron chi connectivity index (χ3n) is 6.62. The highest BCUT2D eigenvalue weighted by Crippen LogP contribution is 2.44. The van der Waals surface area contributed by atoms with Crippen LogP contribution < -0.4 is 5.32 Å². The topological polar surface area (TPSA) is 95.9 Å². The Hall–Kier alpha value is -3.49. The van der Waals surface area contributed by atoms with E-state index in [9.17, 15) is 28.3 Å². The molecule has 1 aliphatic heterocycles. The number of amides is 2. The minimum Gasteiger partial charge on any atom is -0.480 e. The molecule has 2 aliphatic rings. The molecule has 2 aromatic rings. The second-order valence-corrected chi connectivity index (χ2v) is 9.04. The fraction of sp³-hybridized carbons (Fsp3) is 0.423. The van der Waals surface area contributed by atoms with Crippen LogP contribution in [0.25, 0.3) is 11.1 Å². The summed E-state index contributed by atoms with van der Waals surface area (Å²) in [7, 11) is 0. The van der Waals surface area contributed by atoms with Crippen LogP contribution in [0, 0.1) is 0 Å². The number of likely N-dealkylation sites (tertiary alicyclic amines) is 1. The number of carbonyl (C=O) groups is 3. The van der Waals surface area contributed by atoms with E-state index < -0.39 is 48.9 Å². The lowest BCUT2D eigenvalue weighted by Crippen LogP contribution is -2.52. The summed E-state index contributed by atoms with van der Waals surface area (Å²) in [6, 6.07) is 12.9. The molecule has 0 spiro atoms. The number of rotatable bonds is 8. The molecule has 0 aromatic heterocycles. The molecule has 2 aromatic carbocycles. The number of alkyl carbamates (subject to hydrolysis) is 1. The van der Waals surface area contributed by atoms with Gasteiger partial charge in [0.05, 0.1) is 6.54 Å². The first-order valence-electron chi connectivity index (χ1n) is 11.7. The van der Waals surface area contributed by atoms with Gasteiger partial charge in [-0.2, -0.15) is 0 Å². The summed E-state index contributed by atoms with van der Waals surface area (Å²) < 4.78 is 33.3. The number of nitrogens with one attached hydrogen (secondary N) is 1. The molecule has 35 heavy (non-hydrogen) atoms. The first-order chi connectivity index (χ1) is 16.7. The van der Waals surface area contributed by atoms with Gasteiger partial charge in [-0.05, 0) is 28.7 Å². The summed E-state index contributed by atoms with van der Waals surface area (Å²) in [6.45, 7) is 0.935. The maximum absolute atomic E-state index is 13.9. The van der Waals surface area contributed by atoms with E-state index in [1.54, 1.807) is 0 Å². The van der Waals surface area contributed by atoms with E-state index in [1.807, 2.05) is 55.5 Å². The summed E-state index contributed by atoms with van der Waals surface area (Å²) in [5.74, 6) is -5.80. The second-order valence-electron chi connectivity index (χ2n) is 9.04. The van der Waals surface area contributed by atoms with Gasteiger partial charge < -0.3 is 20.1 Å². The van der Waals surface area contributed by atoms with Crippen molar-refractivity contribution in [2.75, 3.05) is 13.2 Å². The molecule has 0 bridgehead atoms. The molecule has 7 nitrogen and oxygen atoms in total. The summed E-state index contributed by atoms with van der Waals surface area (Å²) in [6.07, 6.45) is -0.358. The van der Waals surface area contributed by atoms with Crippen molar-refractivity contribution >= 4 is 18.0 Å². The standard InChI is InChI=1S/C26H28F2N2O5/c1-2-3-12-21(23(31)30-15-26(27,28)13-22(30)24(32)33)29-25(34)35-14-20-18-10-6-4-8-16(18)17-9-5-7-11-19(17)20/h4-11,20-22H,2-3,12-15H2,1H3,(H,29,34)(H,32,33)/t21-,22?/m0/s1. The molecule has 4 rings (SSSR count). The number of aliphatic carboxylic acids is 1. The van der Waals surface area contributed by atoms with Crippen molar-refractivity contribution in [1.29, 1.82) is 0 Å². The summed E-state index contributed by atoms with van der Waals surface area (Å²) in [5, 5.41) is 11.8. The van der Waals surface area contributed by atoms with E-state index >= 15 is 0 Å². The van der Waals surface area contributed by atoms with E-state index in [1.165, 1.54) is 0 Å². The number of nitrogens with zero attached hydrogens (tertiary/aromatic N) is 1. The van der Waals surface area contributed by atoms with Gasteiger partial charge in [-0.25, -0.2) is 18.4 Å². The fourth-order valence-electron chi connectivity index (χ4n) is 4.92. The Bertz CT molecular complexity index is 1080. The summed E-state index contributed by atoms with van der Waals surface area (Å²) >= 11 is 0. The van der Waals surface area contributed by atoms with E-state index in [0.717, 1.165) is 22.3 Å². The van der Waals surface area contributed by atoms with Crippen molar-refractivity contribution in [2.24, 2.45) is 0 Å². The van der Waals surface area contributed by atoms with Crippen molar-refractivity contribution in [3.63, 3.8) is 0 Å². The number of hydrogen-bond acceptors (Lipinski definition) is 4. The minimum absolute atomic E-state index is 0.0358. The maximum atomic E-state index is 13.9. The van der Waals surface area contributed by atoms with Crippen LogP contribution in [0.15, 0.2) is 48.5 Å². The Morgan fingerprint density at radius 1 is 1.11 bits per heavy atom. The number of carboxylic acid groups (broad SMARTS) is 1. The molecule has 0 saturated carbocycles. The summed E-state index contributed by atoms with van der Waals surface area (Å²) in [4.78, 5) is 37.9. The van der Waals surface area contributed by atoms with Crippen LogP contribution in [-0.2, 0) is 14.3 Å². The predicted octanol–water partition coefficient (Wildman–Crippen LogP) is 4.40. The van der Waals surface area contributed by atoms with Crippen molar-refractivity contribution in [3.8, 4) is 11.1 Å². The number of fused-ring (bicyclic) bond motifs is 3. The van der Waals surface area contributed by atoms with Crippen LogP contribution in [0.3, 0.4) is 0 Å². The Morgan fingerprint density at radius 3 is 2.29 bits per heavy atom. The van der Waals surface area contributed by atoms with Gasteiger partial charge in [-0.15, -0.1) is 0 Å². The van der Waals surface area contributed by atoms with Gasteiger partial charge in [-0.1, -0.05) is 68.3 Å². The van der Waals surface area contributed by atoms with Gasteiger partial charge >= 0.3 is 12.1 Å². The average molecular weight is 487 g/mol. The molecule has 2 N–H and O–H groups in total. The highest BCUT2D eigenvalue weighted by Gasteiger charge is 2.51. The van der Waals surface area contributed by atoms with E-state index in [-0.39, 0.29) is 18.9 Å². The minimum atomic E-state index is -3.29. The summed E-state index contributed by atoms with van der Waals surface area (Å²) in [5.41, 5.74) is 4.21. The zero-order valence-corrected chi connectivity index (χ0v) is 19.4. The monoisotopic (exact) mass is 486 g/mol. The zero-order chi connectivity index (χ0) is 25.2. The van der Waals surface area contributed by atoms with Crippen LogP contribution in [0.1, 0.15) is 49.7 Å². The lowest BCUT2D eigenvalue weighted by atomic mass is 9.98. The molecule has 2 atom stereocenters. The lowest BCUT2D eigenvalue weighted by molar-refractivity contribution is -0.149. The molecule has 2 amide bonds. The van der Waals surface area contributed by atoms with Crippen LogP contribution in [0.4, 0.5) is 13.6 Å². The lowest BCUT2D eigenvalue weighted by Gasteiger charge is -2.27. The van der Waals surface area contributed by atoms with Gasteiger partial charge in [0.2, 0.25) is 5.91 Å². The first kappa shape index (κ1) is 24.6. The van der Waals surface area contributed by atoms with Crippen molar-refractivity contribution in [2.45, 2.75) is 56.5 Å². The van der Waals surface area contributed by atoms with Crippen LogP contribution in [0.2, 0.25) is 0 Å². The molecule has 1 aliphatic carbocycles. The molecule has 9 heteroatoms. The number of alkyl halides is 2. The SMILES string of the molecule is CCCC[C@H](NC(=O)OCC1c2ccccc2-c2ccccc21)C(=O)N1CC(F)(F)CC1C(=O)O. The number of halogens is 2. The average Bonchev–Trinajstić information content (AvgIpc) is 3.34. The highest BCUT2D eigenvalue weighted by molar-refractivity contribution is 5.90. The van der Waals surface area contributed by atoms with Crippen molar-refractivity contribution in [1.82, 2.24) is 10.2 Å². The van der Waals surface area contributed by atoms with Gasteiger partial charge in [0, 0.05) is 12.3 Å². The predicted molar refractivity (Wildman–Crippen MR) is 124 cm³/mol. The normalized spacial score (nSPS) is 19.1. The Balaban J connectivity index is 1.45. The number of hydrogen-bond donors (Lipinski definition) is 2. The fourth-order valence-corrected chi connectivity index (χ4v) is 4.92. The number of benzene rings is 2. The van der Waals surface area contributed by atoms with Crippen LogP contribution in [-0.4, -0.2) is 59.1 Å². The third-order valence-corrected chi connectivity index (χ3v) is 6.62. The molecule has 1 heterocycles. The van der Waals surface area contributed by atoms with Crippen molar-refractivity contribution in [3.05, 3.63) is 59.7 Å². The second kappa shape index (κ2) is 10.0. The first-order valence-corrected chi connectivity index (χ1v) is 11.7. The number of ether oxygens (including phenoxy) is 1. The molecule has 0 radical (unpaired) electrons. The quantitative estimate of drug-likeness (QED) is 0.577. The third kappa shape index (κ3) is 5.13. The van der Waals surface area contributed by atoms with Crippen LogP contribution in [0.5, 0.6) is 0 Å². The highest BCUT2D eigenvalue weighted by atomic mass is 19.3. The molecule has 186 valence electrons. The van der Waals surface area contributed by atoms with Crippen LogP contribution >= 0.6 is 0 Å². The Labute approximate surface area is 202 Å². The van der Waals surface area contributed by atoms with Gasteiger partial charge in [0.25, 0.3) is 5.92 Å². The number of carbonyl (C=O) groups excluding carboxylic acids is 2. The van der Waals surface area contributed by atoms with E-state index in [0.29, 0.717) is 17.7 Å². The van der Waals surface area contributed by atoms with Crippen molar-refractivity contribution < 1.29 is 33.0 Å². The Morgan fingerprint density at radius 2 is 1.71 bits per heavy atom. The molecular formula is C26H28F2N2O5. The van der Waals surface area contributed by atoms with Gasteiger partial charge in [0.1, 0.15) is 18.7 Å². The number of unbranched alkanes of at least 4 members (excludes halogenated alkanes) is 1. The number of carboxylic acids is 1. The Kier molecular flexibility index (Phi) is 7.05. The molecule has 1 unspecified atom stereocenters. The van der Waals surface area contributed by atoms with E-state index in [4.69, 9.17) is 4.74 Å². The smallest absolute Gasteiger partial charge is 0.407 e. The maximum Gasteiger partial charge on any atom is 0.407 e. The molecule has 1 fully saturated rings. The largest absolute Gasteiger partial charge is 0.480 e. The molecule has 1 saturated heterocycles. The van der Waals surface area contributed by atoms with E-state index in [2.05, 4.69) is 5.32 Å². The molecular weight excluding hydrogens is 458 g/mol. The zero-order valence-electron chi connectivity index (χ0n) is 19.4. The van der Waals surface area contributed by atoms with Gasteiger partial charge in [-0.3, -0.25) is 4.79 Å².